The first-order chi connectivity index (χ1) is 16.2. The molecule has 0 aromatic heterocycles. The molecule has 1 aliphatic heterocycles. The molecular weight excluding hydrogens is 416 g/mol. The van der Waals surface area contributed by atoms with Crippen molar-refractivity contribution in [1.29, 1.82) is 0 Å². The van der Waals surface area contributed by atoms with Crippen molar-refractivity contribution in [1.82, 2.24) is 0 Å². The predicted octanol–water partition coefficient (Wildman–Crippen LogP) is 5.13. The number of ether oxygens (including phenoxy) is 5. The van der Waals surface area contributed by atoms with Crippen molar-refractivity contribution in [3.8, 4) is 0 Å². The molecule has 1 fully saturated rings. The van der Waals surface area contributed by atoms with Crippen LogP contribution in [0.25, 0.3) is 0 Å². The van der Waals surface area contributed by atoms with E-state index in [0.29, 0.717) is 19.8 Å². The van der Waals surface area contributed by atoms with E-state index in [9.17, 15) is 0 Å². The van der Waals surface area contributed by atoms with Crippen LogP contribution in [-0.2, 0) is 43.5 Å². The van der Waals surface area contributed by atoms with Crippen molar-refractivity contribution in [2.75, 3.05) is 7.11 Å². The third-order valence-electron chi connectivity index (χ3n) is 5.82. The summed E-state index contributed by atoms with van der Waals surface area (Å²) < 4.78 is 31.0. The Morgan fingerprint density at radius 3 is 1.39 bits per heavy atom. The van der Waals surface area contributed by atoms with Gasteiger partial charge in [-0.15, -0.1) is 0 Å². The molecule has 4 rings (SSSR count). The number of hydrogen-bond donors (Lipinski definition) is 0. The van der Waals surface area contributed by atoms with E-state index in [0.717, 1.165) is 16.7 Å². The Labute approximate surface area is 196 Å². The van der Waals surface area contributed by atoms with Gasteiger partial charge in [-0.1, -0.05) is 91.0 Å². The van der Waals surface area contributed by atoms with Crippen LogP contribution in [0, 0.1) is 0 Å². The minimum absolute atomic E-state index is 0.226. The number of rotatable bonds is 10. The third kappa shape index (κ3) is 6.50. The molecule has 174 valence electrons. The van der Waals surface area contributed by atoms with E-state index in [2.05, 4.69) is 24.3 Å². The zero-order chi connectivity index (χ0) is 22.9. The van der Waals surface area contributed by atoms with Crippen LogP contribution in [-0.4, -0.2) is 37.8 Å². The van der Waals surface area contributed by atoms with Gasteiger partial charge in [0.05, 0.1) is 25.9 Å². The summed E-state index contributed by atoms with van der Waals surface area (Å²) in [5, 5.41) is 0. The first kappa shape index (κ1) is 23.6. The topological polar surface area (TPSA) is 46.2 Å². The summed E-state index contributed by atoms with van der Waals surface area (Å²) in [6.45, 7) is 3.34. The molecule has 3 aromatic rings. The van der Waals surface area contributed by atoms with E-state index in [1.807, 2.05) is 73.7 Å². The first-order valence-electron chi connectivity index (χ1n) is 11.4. The molecule has 0 spiro atoms. The van der Waals surface area contributed by atoms with Gasteiger partial charge in [-0.25, -0.2) is 0 Å². The first-order valence-corrected chi connectivity index (χ1v) is 11.4. The largest absolute Gasteiger partial charge is 0.368 e. The highest BCUT2D eigenvalue weighted by molar-refractivity contribution is 5.15. The standard InChI is InChI=1S/C28H32O5/c1-21-25(30-18-22-12-6-3-7-13-22)26(31-19-23-14-8-4-9-15-23)27(28(29-2)33-21)32-20-24-16-10-5-11-17-24/h3-17,21,25-28H,18-20H2,1-2H3/t21?,25-,26?,27?,28?/m1/s1. The minimum atomic E-state index is -0.555. The quantitative estimate of drug-likeness (QED) is 0.430. The summed E-state index contributed by atoms with van der Waals surface area (Å²) in [7, 11) is 1.63. The lowest BCUT2D eigenvalue weighted by Crippen LogP contribution is -2.59. The van der Waals surface area contributed by atoms with Crippen LogP contribution in [0.3, 0.4) is 0 Å². The maximum absolute atomic E-state index is 6.46. The second-order valence-electron chi connectivity index (χ2n) is 8.23. The summed E-state index contributed by atoms with van der Waals surface area (Å²) >= 11 is 0. The summed E-state index contributed by atoms with van der Waals surface area (Å²) in [6, 6.07) is 30.3. The monoisotopic (exact) mass is 448 g/mol. The highest BCUT2D eigenvalue weighted by Gasteiger charge is 2.47. The fourth-order valence-electron chi connectivity index (χ4n) is 4.06. The van der Waals surface area contributed by atoms with Gasteiger partial charge in [0.15, 0.2) is 6.29 Å². The number of hydrogen-bond acceptors (Lipinski definition) is 5. The van der Waals surface area contributed by atoms with E-state index in [1.54, 1.807) is 7.11 Å². The molecule has 0 amide bonds. The maximum Gasteiger partial charge on any atom is 0.186 e. The van der Waals surface area contributed by atoms with Crippen LogP contribution in [0.4, 0.5) is 0 Å². The number of benzene rings is 3. The van der Waals surface area contributed by atoms with Crippen molar-refractivity contribution < 1.29 is 23.7 Å². The summed E-state index contributed by atoms with van der Waals surface area (Å²) in [6.07, 6.45) is -1.92. The highest BCUT2D eigenvalue weighted by atomic mass is 16.7. The zero-order valence-electron chi connectivity index (χ0n) is 19.2. The third-order valence-corrected chi connectivity index (χ3v) is 5.82. The molecule has 5 nitrogen and oxygen atoms in total. The molecule has 5 atom stereocenters. The summed E-state index contributed by atoms with van der Waals surface area (Å²) in [5.74, 6) is 0. The zero-order valence-corrected chi connectivity index (χ0v) is 19.2. The molecule has 1 saturated heterocycles. The van der Waals surface area contributed by atoms with E-state index < -0.39 is 12.4 Å². The molecule has 3 aromatic carbocycles. The van der Waals surface area contributed by atoms with Crippen LogP contribution in [0.5, 0.6) is 0 Å². The van der Waals surface area contributed by atoms with Gasteiger partial charge in [-0.3, -0.25) is 0 Å². The van der Waals surface area contributed by atoms with Crippen molar-refractivity contribution in [2.24, 2.45) is 0 Å². The molecule has 33 heavy (non-hydrogen) atoms. The van der Waals surface area contributed by atoms with E-state index in [-0.39, 0.29) is 18.3 Å². The Hall–Kier alpha value is -2.54. The molecule has 0 aliphatic carbocycles. The summed E-state index contributed by atoms with van der Waals surface area (Å²) in [4.78, 5) is 0. The van der Waals surface area contributed by atoms with Crippen LogP contribution in [0.15, 0.2) is 91.0 Å². The van der Waals surface area contributed by atoms with Gasteiger partial charge in [0, 0.05) is 7.11 Å². The molecule has 1 heterocycles. The average molecular weight is 449 g/mol. The Kier molecular flexibility index (Phi) is 8.64. The van der Waals surface area contributed by atoms with Crippen LogP contribution >= 0.6 is 0 Å². The van der Waals surface area contributed by atoms with Gasteiger partial charge in [0.25, 0.3) is 0 Å². The normalized spacial score (nSPS) is 25.1. The van der Waals surface area contributed by atoms with Gasteiger partial charge in [0.2, 0.25) is 0 Å². The molecule has 1 aliphatic rings. The second kappa shape index (κ2) is 12.1. The predicted molar refractivity (Wildman–Crippen MR) is 126 cm³/mol. The van der Waals surface area contributed by atoms with E-state index >= 15 is 0 Å². The van der Waals surface area contributed by atoms with Crippen LogP contribution < -0.4 is 0 Å². The van der Waals surface area contributed by atoms with Gasteiger partial charge in [0.1, 0.15) is 18.3 Å². The molecule has 0 N–H and O–H groups in total. The van der Waals surface area contributed by atoms with Crippen molar-refractivity contribution in [3.63, 3.8) is 0 Å². The second-order valence-corrected chi connectivity index (χ2v) is 8.23. The Morgan fingerprint density at radius 1 is 0.576 bits per heavy atom. The smallest absolute Gasteiger partial charge is 0.186 e. The van der Waals surface area contributed by atoms with Crippen molar-refractivity contribution >= 4 is 0 Å². The van der Waals surface area contributed by atoms with Crippen molar-refractivity contribution in [3.05, 3.63) is 108 Å². The van der Waals surface area contributed by atoms with Gasteiger partial charge >= 0.3 is 0 Å². The van der Waals surface area contributed by atoms with Crippen LogP contribution in [0.2, 0.25) is 0 Å². The minimum Gasteiger partial charge on any atom is -0.368 e. The molecule has 0 saturated carbocycles. The fourth-order valence-corrected chi connectivity index (χ4v) is 4.06. The lowest BCUT2D eigenvalue weighted by atomic mass is 9.98. The summed E-state index contributed by atoms with van der Waals surface area (Å²) in [5.41, 5.74) is 3.27. The maximum atomic E-state index is 6.46. The van der Waals surface area contributed by atoms with Crippen LogP contribution in [0.1, 0.15) is 23.6 Å². The average Bonchev–Trinajstić information content (AvgIpc) is 2.87. The Balaban J connectivity index is 1.53. The van der Waals surface area contributed by atoms with E-state index in [1.165, 1.54) is 0 Å². The molecule has 0 radical (unpaired) electrons. The van der Waals surface area contributed by atoms with Gasteiger partial charge in [-0.05, 0) is 23.6 Å². The molecule has 0 bridgehead atoms. The number of methoxy groups -OCH3 is 1. The van der Waals surface area contributed by atoms with Crippen molar-refractivity contribution in [2.45, 2.75) is 57.5 Å². The van der Waals surface area contributed by atoms with E-state index in [4.69, 9.17) is 23.7 Å². The molecular formula is C28H32O5. The Morgan fingerprint density at radius 2 is 0.970 bits per heavy atom. The fraction of sp³-hybridized carbons (Fsp3) is 0.357. The van der Waals surface area contributed by atoms with Gasteiger partial charge in [-0.2, -0.15) is 0 Å². The van der Waals surface area contributed by atoms with Gasteiger partial charge < -0.3 is 23.7 Å². The molecule has 5 heteroatoms. The Bertz CT molecular complexity index is 934. The molecule has 4 unspecified atom stereocenters. The SMILES string of the molecule is COC1OC(C)[C@@H](OCc2ccccc2)C(OCc2ccccc2)C1OCc1ccccc1. The lowest BCUT2D eigenvalue weighted by Gasteiger charge is -2.44. The lowest BCUT2D eigenvalue weighted by molar-refractivity contribution is -0.314. The highest BCUT2D eigenvalue weighted by Crippen LogP contribution is 2.30.